The van der Waals surface area contributed by atoms with Crippen molar-refractivity contribution >= 4 is 5.97 Å². The van der Waals surface area contributed by atoms with Crippen LogP contribution in [0.2, 0.25) is 0 Å². The van der Waals surface area contributed by atoms with Crippen molar-refractivity contribution < 1.29 is 14.6 Å². The molecule has 0 aliphatic heterocycles. The summed E-state index contributed by atoms with van der Waals surface area (Å²) in [5.41, 5.74) is -1.32. The molecule has 1 aliphatic carbocycles. The van der Waals surface area contributed by atoms with Crippen LogP contribution >= 0.6 is 0 Å². The zero-order valence-corrected chi connectivity index (χ0v) is 11.7. The van der Waals surface area contributed by atoms with E-state index in [2.05, 4.69) is 13.8 Å². The van der Waals surface area contributed by atoms with Gasteiger partial charge < -0.3 is 9.84 Å². The van der Waals surface area contributed by atoms with E-state index >= 15 is 0 Å². The number of carbonyl (C=O) groups excluding carboxylic acids is 1. The van der Waals surface area contributed by atoms with Gasteiger partial charge in [-0.1, -0.05) is 27.7 Å². The fraction of sp³-hybridized carbons (Fsp3) is 0.929. The molecule has 0 aromatic rings. The predicted octanol–water partition coefficient (Wildman–Crippen LogP) is 2.62. The number of rotatable bonds is 3. The second kappa shape index (κ2) is 5.38. The fourth-order valence-corrected chi connectivity index (χ4v) is 3.34. The second-order valence-corrected chi connectivity index (χ2v) is 6.09. The van der Waals surface area contributed by atoms with Gasteiger partial charge in [-0.2, -0.15) is 0 Å². The van der Waals surface area contributed by atoms with E-state index in [4.69, 9.17) is 4.74 Å². The molecule has 0 aromatic carbocycles. The summed E-state index contributed by atoms with van der Waals surface area (Å²) >= 11 is 0. The van der Waals surface area contributed by atoms with Crippen molar-refractivity contribution in [1.29, 1.82) is 0 Å². The van der Waals surface area contributed by atoms with Crippen LogP contribution in [0.1, 0.15) is 47.0 Å². The molecule has 0 saturated heterocycles. The summed E-state index contributed by atoms with van der Waals surface area (Å²) in [4.78, 5) is 11.9. The molecule has 1 rings (SSSR count). The molecule has 1 saturated carbocycles. The van der Waals surface area contributed by atoms with Gasteiger partial charge in [-0.05, 0) is 42.9 Å². The predicted molar refractivity (Wildman–Crippen MR) is 67.5 cm³/mol. The molecule has 0 radical (unpaired) electrons. The van der Waals surface area contributed by atoms with E-state index in [9.17, 15) is 9.90 Å². The van der Waals surface area contributed by atoms with E-state index < -0.39 is 11.6 Å². The number of methoxy groups -OCH3 is 1. The molecule has 1 N–H and O–H groups in total. The van der Waals surface area contributed by atoms with Gasteiger partial charge in [-0.15, -0.1) is 0 Å². The number of hydrogen-bond donors (Lipinski definition) is 1. The lowest BCUT2D eigenvalue weighted by Crippen LogP contribution is -2.53. The van der Waals surface area contributed by atoms with Gasteiger partial charge in [0.1, 0.15) is 0 Å². The van der Waals surface area contributed by atoms with Crippen LogP contribution in [0, 0.1) is 23.7 Å². The molecule has 0 heterocycles. The first-order chi connectivity index (χ1) is 7.82. The molecule has 0 spiro atoms. The van der Waals surface area contributed by atoms with Crippen molar-refractivity contribution in [2.45, 2.75) is 52.6 Å². The van der Waals surface area contributed by atoms with E-state index in [-0.39, 0.29) is 11.8 Å². The van der Waals surface area contributed by atoms with Crippen LogP contribution < -0.4 is 0 Å². The molecule has 3 heteroatoms. The van der Waals surface area contributed by atoms with E-state index in [1.165, 1.54) is 13.5 Å². The standard InChI is InChI=1S/C14H26O3/c1-9(2)14(16,13(15)17-5)12-7-10(3)6-11(4)8-12/h9-12,16H,6-8H2,1-5H3. The van der Waals surface area contributed by atoms with E-state index in [0.29, 0.717) is 11.8 Å². The lowest BCUT2D eigenvalue weighted by molar-refractivity contribution is -0.179. The zero-order valence-electron chi connectivity index (χ0n) is 11.7. The highest BCUT2D eigenvalue weighted by molar-refractivity contribution is 5.80. The fourth-order valence-electron chi connectivity index (χ4n) is 3.34. The van der Waals surface area contributed by atoms with Crippen molar-refractivity contribution in [3.63, 3.8) is 0 Å². The van der Waals surface area contributed by atoms with Crippen LogP contribution in [0.4, 0.5) is 0 Å². The number of carbonyl (C=O) groups is 1. The SMILES string of the molecule is COC(=O)C(O)(C(C)C)C1CC(C)CC(C)C1. The Hall–Kier alpha value is -0.570. The van der Waals surface area contributed by atoms with Gasteiger partial charge in [-0.3, -0.25) is 0 Å². The Balaban J connectivity index is 2.94. The third kappa shape index (κ3) is 2.82. The molecule has 17 heavy (non-hydrogen) atoms. The minimum absolute atomic E-state index is 0.0219. The largest absolute Gasteiger partial charge is 0.467 e. The molecule has 100 valence electrons. The van der Waals surface area contributed by atoms with Gasteiger partial charge in [0.2, 0.25) is 0 Å². The number of esters is 1. The molecule has 0 aromatic heterocycles. The van der Waals surface area contributed by atoms with Crippen LogP contribution in [0.5, 0.6) is 0 Å². The highest BCUT2D eigenvalue weighted by atomic mass is 16.5. The zero-order chi connectivity index (χ0) is 13.2. The summed E-state index contributed by atoms with van der Waals surface area (Å²) in [5.74, 6) is 0.572. The van der Waals surface area contributed by atoms with Gasteiger partial charge in [0, 0.05) is 0 Å². The van der Waals surface area contributed by atoms with Gasteiger partial charge in [0.15, 0.2) is 5.60 Å². The Morgan fingerprint density at radius 1 is 1.24 bits per heavy atom. The van der Waals surface area contributed by atoms with Gasteiger partial charge >= 0.3 is 5.97 Å². The first kappa shape index (κ1) is 14.5. The second-order valence-electron chi connectivity index (χ2n) is 6.09. The minimum atomic E-state index is -1.32. The maximum atomic E-state index is 11.9. The molecule has 3 nitrogen and oxygen atoms in total. The summed E-state index contributed by atoms with van der Waals surface area (Å²) < 4.78 is 4.81. The lowest BCUT2D eigenvalue weighted by atomic mass is 9.66. The smallest absolute Gasteiger partial charge is 0.338 e. The summed E-state index contributed by atoms with van der Waals surface area (Å²) in [6, 6.07) is 0. The Labute approximate surface area is 105 Å². The van der Waals surface area contributed by atoms with Crippen molar-refractivity contribution in [1.82, 2.24) is 0 Å². The highest BCUT2D eigenvalue weighted by Gasteiger charge is 2.49. The quantitative estimate of drug-likeness (QED) is 0.774. The molecular formula is C14H26O3. The number of hydrogen-bond acceptors (Lipinski definition) is 3. The summed E-state index contributed by atoms with van der Waals surface area (Å²) in [6.45, 7) is 8.17. The first-order valence-electron chi connectivity index (χ1n) is 6.63. The van der Waals surface area contributed by atoms with E-state index in [1.807, 2.05) is 13.8 Å². The third-order valence-corrected chi connectivity index (χ3v) is 4.19. The third-order valence-electron chi connectivity index (χ3n) is 4.19. The van der Waals surface area contributed by atoms with Gasteiger partial charge in [-0.25, -0.2) is 4.79 Å². The molecule has 3 unspecified atom stereocenters. The average molecular weight is 242 g/mol. The number of aliphatic hydroxyl groups is 1. The summed E-state index contributed by atoms with van der Waals surface area (Å²) in [5, 5.41) is 10.7. The van der Waals surface area contributed by atoms with Crippen molar-refractivity contribution in [3.8, 4) is 0 Å². The Kier molecular flexibility index (Phi) is 4.59. The van der Waals surface area contributed by atoms with Crippen molar-refractivity contribution in [2.24, 2.45) is 23.7 Å². The maximum Gasteiger partial charge on any atom is 0.338 e. The van der Waals surface area contributed by atoms with Crippen molar-refractivity contribution in [3.05, 3.63) is 0 Å². The molecule has 1 aliphatic rings. The van der Waals surface area contributed by atoms with Gasteiger partial charge in [0.05, 0.1) is 7.11 Å². The maximum absolute atomic E-state index is 11.9. The van der Waals surface area contributed by atoms with Crippen LogP contribution in [0.25, 0.3) is 0 Å². The van der Waals surface area contributed by atoms with Crippen LogP contribution in [0.15, 0.2) is 0 Å². The van der Waals surface area contributed by atoms with Crippen molar-refractivity contribution in [2.75, 3.05) is 7.11 Å². The normalized spacial score (nSPS) is 33.2. The Bertz CT molecular complexity index is 265. The average Bonchev–Trinajstić information content (AvgIpc) is 2.25. The molecule has 0 amide bonds. The Morgan fingerprint density at radius 3 is 2.06 bits per heavy atom. The molecular weight excluding hydrogens is 216 g/mol. The van der Waals surface area contributed by atoms with Crippen LogP contribution in [0.3, 0.4) is 0 Å². The summed E-state index contributed by atoms with van der Waals surface area (Å²) in [7, 11) is 1.35. The highest BCUT2D eigenvalue weighted by Crippen LogP contribution is 2.42. The van der Waals surface area contributed by atoms with Crippen LogP contribution in [-0.2, 0) is 9.53 Å². The Morgan fingerprint density at radius 2 is 1.71 bits per heavy atom. The minimum Gasteiger partial charge on any atom is -0.467 e. The van der Waals surface area contributed by atoms with E-state index in [1.54, 1.807) is 0 Å². The molecule has 3 atom stereocenters. The molecule has 1 fully saturated rings. The lowest BCUT2D eigenvalue weighted by Gasteiger charge is -2.42. The van der Waals surface area contributed by atoms with Gasteiger partial charge in [0.25, 0.3) is 0 Å². The summed E-state index contributed by atoms with van der Waals surface area (Å²) in [6.07, 6.45) is 3.01. The topological polar surface area (TPSA) is 46.5 Å². The number of ether oxygens (including phenoxy) is 1. The monoisotopic (exact) mass is 242 g/mol. The first-order valence-corrected chi connectivity index (χ1v) is 6.63. The van der Waals surface area contributed by atoms with E-state index in [0.717, 1.165) is 12.8 Å². The molecule has 0 bridgehead atoms. The van der Waals surface area contributed by atoms with Crippen LogP contribution in [-0.4, -0.2) is 23.8 Å².